The third-order valence-corrected chi connectivity index (χ3v) is 4.73. The van der Waals surface area contributed by atoms with E-state index in [2.05, 4.69) is 4.72 Å². The van der Waals surface area contributed by atoms with E-state index in [1.54, 1.807) is 18.2 Å². The third kappa shape index (κ3) is 4.39. The van der Waals surface area contributed by atoms with Gasteiger partial charge in [0.25, 0.3) is 10.0 Å². The lowest BCUT2D eigenvalue weighted by Crippen LogP contribution is -2.13. The molecule has 0 amide bonds. The molecule has 1 N–H and O–H groups in total. The van der Waals surface area contributed by atoms with Gasteiger partial charge in [-0.1, -0.05) is 31.5 Å². The fourth-order valence-corrected chi connectivity index (χ4v) is 3.16. The van der Waals surface area contributed by atoms with Gasteiger partial charge in [0.1, 0.15) is 5.82 Å². The van der Waals surface area contributed by atoms with E-state index < -0.39 is 15.8 Å². The van der Waals surface area contributed by atoms with Crippen LogP contribution in [0.5, 0.6) is 0 Å². The Morgan fingerprint density at radius 2 is 1.83 bits per heavy atom. The summed E-state index contributed by atoms with van der Waals surface area (Å²) in [5.74, 6) is -0.973. The number of sulfonamides is 1. The molecule has 0 heterocycles. The predicted octanol–water partition coefficient (Wildman–Crippen LogP) is 4.00. The van der Waals surface area contributed by atoms with Crippen LogP contribution in [0.3, 0.4) is 0 Å². The van der Waals surface area contributed by atoms with Crippen molar-refractivity contribution in [3.05, 3.63) is 59.9 Å². The molecule has 0 bridgehead atoms. The number of hydrogen-bond donors (Lipinski definition) is 1. The minimum absolute atomic E-state index is 0.0910. The normalized spacial score (nSPS) is 11.2. The summed E-state index contributed by atoms with van der Waals surface area (Å²) in [4.78, 5) is 12.1. The molecule has 0 aromatic heterocycles. The van der Waals surface area contributed by atoms with Gasteiger partial charge in [0, 0.05) is 12.1 Å². The molecule has 6 heteroatoms. The van der Waals surface area contributed by atoms with Gasteiger partial charge in [-0.15, -0.1) is 0 Å². The first-order valence-electron chi connectivity index (χ1n) is 7.34. The predicted molar refractivity (Wildman–Crippen MR) is 87.5 cm³/mol. The van der Waals surface area contributed by atoms with E-state index >= 15 is 0 Å². The van der Waals surface area contributed by atoms with Crippen LogP contribution in [0.1, 0.15) is 36.5 Å². The molecule has 0 aliphatic heterocycles. The number of ketones is 1. The van der Waals surface area contributed by atoms with E-state index in [0.29, 0.717) is 6.42 Å². The number of anilines is 1. The fourth-order valence-electron chi connectivity index (χ4n) is 2.09. The standard InChI is InChI=1S/C17H18FNO3S/c1-2-3-9-17(20)15-12-13(10-11-16(15)18)19-23(21,22)14-7-5-4-6-8-14/h4-8,10-12,19H,2-3,9H2,1H3. The van der Waals surface area contributed by atoms with Gasteiger partial charge < -0.3 is 0 Å². The molecular weight excluding hydrogens is 317 g/mol. The molecule has 0 saturated heterocycles. The van der Waals surface area contributed by atoms with Crippen LogP contribution in [0, 0.1) is 5.82 Å². The average molecular weight is 335 g/mol. The molecule has 0 fully saturated rings. The maximum atomic E-state index is 13.8. The number of rotatable bonds is 7. The van der Waals surface area contributed by atoms with Crippen LogP contribution in [-0.4, -0.2) is 14.2 Å². The smallest absolute Gasteiger partial charge is 0.261 e. The summed E-state index contributed by atoms with van der Waals surface area (Å²) in [5.41, 5.74) is 0.0711. The van der Waals surface area contributed by atoms with Crippen molar-refractivity contribution in [2.45, 2.75) is 31.1 Å². The highest BCUT2D eigenvalue weighted by Gasteiger charge is 2.16. The highest BCUT2D eigenvalue weighted by atomic mass is 32.2. The van der Waals surface area contributed by atoms with Crippen molar-refractivity contribution in [3.8, 4) is 0 Å². The largest absolute Gasteiger partial charge is 0.294 e. The number of nitrogens with one attached hydrogen (secondary N) is 1. The molecule has 4 nitrogen and oxygen atoms in total. The fraction of sp³-hybridized carbons (Fsp3) is 0.235. The second-order valence-electron chi connectivity index (χ2n) is 5.14. The Morgan fingerprint density at radius 3 is 2.48 bits per heavy atom. The van der Waals surface area contributed by atoms with E-state index in [1.165, 1.54) is 24.3 Å². The Hall–Kier alpha value is -2.21. The van der Waals surface area contributed by atoms with E-state index in [9.17, 15) is 17.6 Å². The SMILES string of the molecule is CCCCC(=O)c1cc(NS(=O)(=O)c2ccccc2)ccc1F. The first-order chi connectivity index (χ1) is 10.9. The summed E-state index contributed by atoms with van der Waals surface area (Å²) in [6.45, 7) is 1.94. The van der Waals surface area contributed by atoms with Gasteiger partial charge in [-0.25, -0.2) is 12.8 Å². The van der Waals surface area contributed by atoms with E-state index in [1.807, 2.05) is 6.92 Å². The lowest BCUT2D eigenvalue weighted by atomic mass is 10.0. The minimum Gasteiger partial charge on any atom is -0.294 e. The second kappa shape index (κ2) is 7.37. The molecule has 0 unspecified atom stereocenters. The number of halogens is 1. The lowest BCUT2D eigenvalue weighted by molar-refractivity contribution is 0.0976. The Labute approximate surface area is 135 Å². The molecule has 2 aromatic rings. The highest BCUT2D eigenvalue weighted by Crippen LogP contribution is 2.20. The van der Waals surface area contributed by atoms with Crippen LogP contribution in [0.2, 0.25) is 0 Å². The zero-order chi connectivity index (χ0) is 16.9. The molecule has 0 aliphatic rings. The number of benzene rings is 2. The molecule has 0 spiro atoms. The molecule has 122 valence electrons. The summed E-state index contributed by atoms with van der Waals surface area (Å²) in [6, 6.07) is 11.5. The van der Waals surface area contributed by atoms with Crippen molar-refractivity contribution in [1.82, 2.24) is 0 Å². The van der Waals surface area contributed by atoms with Gasteiger partial charge in [-0.3, -0.25) is 9.52 Å². The number of hydrogen-bond acceptors (Lipinski definition) is 3. The summed E-state index contributed by atoms with van der Waals surface area (Å²) in [6.07, 6.45) is 1.73. The Bertz CT molecular complexity index is 789. The van der Waals surface area contributed by atoms with Crippen LogP contribution in [0.4, 0.5) is 10.1 Å². The van der Waals surface area contributed by atoms with Crippen LogP contribution in [0.25, 0.3) is 0 Å². The van der Waals surface area contributed by atoms with Crippen LogP contribution in [0.15, 0.2) is 53.4 Å². The van der Waals surface area contributed by atoms with Gasteiger partial charge in [0.05, 0.1) is 10.5 Å². The molecule has 2 aromatic carbocycles. The third-order valence-electron chi connectivity index (χ3n) is 3.33. The van der Waals surface area contributed by atoms with Crippen molar-refractivity contribution in [2.75, 3.05) is 4.72 Å². The number of unbranched alkanes of at least 4 members (excludes halogenated alkanes) is 1. The molecule has 2 rings (SSSR count). The molecule has 0 radical (unpaired) electrons. The Kier molecular flexibility index (Phi) is 5.50. The number of carbonyl (C=O) groups excluding carboxylic acids is 1. The summed E-state index contributed by atoms with van der Waals surface area (Å²) < 4.78 is 40.7. The molecular formula is C17H18FNO3S. The quantitative estimate of drug-likeness (QED) is 0.778. The second-order valence-corrected chi connectivity index (χ2v) is 6.82. The number of Topliss-reactive ketones (excluding diaryl/α,β-unsaturated/α-hetero) is 1. The highest BCUT2D eigenvalue weighted by molar-refractivity contribution is 7.92. The van der Waals surface area contributed by atoms with Crippen molar-refractivity contribution in [2.24, 2.45) is 0 Å². The topological polar surface area (TPSA) is 63.2 Å². The van der Waals surface area contributed by atoms with Crippen LogP contribution >= 0.6 is 0 Å². The van der Waals surface area contributed by atoms with Crippen molar-refractivity contribution in [1.29, 1.82) is 0 Å². The van der Waals surface area contributed by atoms with Crippen molar-refractivity contribution >= 4 is 21.5 Å². The monoisotopic (exact) mass is 335 g/mol. The van der Waals surface area contributed by atoms with Gasteiger partial charge in [-0.2, -0.15) is 0 Å². The van der Waals surface area contributed by atoms with Crippen LogP contribution in [-0.2, 0) is 10.0 Å². The summed E-state index contributed by atoms with van der Waals surface area (Å²) in [7, 11) is -3.77. The zero-order valence-electron chi connectivity index (χ0n) is 12.8. The zero-order valence-corrected chi connectivity index (χ0v) is 13.6. The van der Waals surface area contributed by atoms with Crippen LogP contribution < -0.4 is 4.72 Å². The van der Waals surface area contributed by atoms with E-state index in [0.717, 1.165) is 12.5 Å². The Balaban J connectivity index is 2.26. The summed E-state index contributed by atoms with van der Waals surface area (Å²) >= 11 is 0. The minimum atomic E-state index is -3.77. The van der Waals surface area contributed by atoms with Crippen molar-refractivity contribution in [3.63, 3.8) is 0 Å². The van der Waals surface area contributed by atoms with Gasteiger partial charge in [0.2, 0.25) is 0 Å². The number of carbonyl (C=O) groups is 1. The molecule has 0 atom stereocenters. The summed E-state index contributed by atoms with van der Waals surface area (Å²) in [5, 5.41) is 0. The molecule has 23 heavy (non-hydrogen) atoms. The van der Waals surface area contributed by atoms with Crippen molar-refractivity contribution < 1.29 is 17.6 Å². The van der Waals surface area contributed by atoms with E-state index in [-0.39, 0.29) is 28.4 Å². The Morgan fingerprint density at radius 1 is 1.13 bits per heavy atom. The van der Waals surface area contributed by atoms with E-state index in [4.69, 9.17) is 0 Å². The maximum Gasteiger partial charge on any atom is 0.261 e. The average Bonchev–Trinajstić information content (AvgIpc) is 2.55. The van der Waals surface area contributed by atoms with Gasteiger partial charge in [-0.05, 0) is 36.8 Å². The molecule has 0 aliphatic carbocycles. The van der Waals surface area contributed by atoms with Gasteiger partial charge >= 0.3 is 0 Å². The maximum absolute atomic E-state index is 13.8. The lowest BCUT2D eigenvalue weighted by Gasteiger charge is -2.10. The first kappa shape index (κ1) is 17.1. The van der Waals surface area contributed by atoms with Gasteiger partial charge in [0.15, 0.2) is 5.78 Å². The molecule has 0 saturated carbocycles. The first-order valence-corrected chi connectivity index (χ1v) is 8.83.